The molecule has 0 spiro atoms. The lowest BCUT2D eigenvalue weighted by Gasteiger charge is -2.03. The Morgan fingerprint density at radius 2 is 1.94 bits per heavy atom. The van der Waals surface area contributed by atoms with Crippen molar-refractivity contribution in [2.24, 2.45) is 5.73 Å². The van der Waals surface area contributed by atoms with Crippen LogP contribution in [-0.4, -0.2) is 11.6 Å². The summed E-state index contributed by atoms with van der Waals surface area (Å²) in [7, 11) is 0. The van der Waals surface area contributed by atoms with Gasteiger partial charge in [0.15, 0.2) is 0 Å². The van der Waals surface area contributed by atoms with Crippen LogP contribution in [0.4, 0.5) is 0 Å². The minimum atomic E-state index is 0.141. The zero-order valence-corrected chi connectivity index (χ0v) is 10.6. The highest BCUT2D eigenvalue weighted by Crippen LogP contribution is 2.14. The molecule has 0 saturated heterocycles. The maximum atomic E-state index is 7.29. The molecular weight excluding hydrogens is 216 g/mol. The molecule has 0 bridgehead atoms. The first-order valence-electron chi connectivity index (χ1n) is 5.75. The summed E-state index contributed by atoms with van der Waals surface area (Å²) in [6.07, 6.45) is 3.93. The predicted octanol–water partition coefficient (Wildman–Crippen LogP) is 3.39. The summed E-state index contributed by atoms with van der Waals surface area (Å²) in [6.45, 7) is 2.23. The molecule has 88 valence electrons. The smallest absolute Gasteiger partial charge is 0.122 e. The molecule has 0 saturated carbocycles. The van der Waals surface area contributed by atoms with Gasteiger partial charge in [0, 0.05) is 11.3 Å². The fourth-order valence-corrected chi connectivity index (χ4v) is 2.41. The third-order valence-electron chi connectivity index (χ3n) is 2.43. The zero-order chi connectivity index (χ0) is 11.8. The number of nitrogens with two attached hydrogens (primary N) is 1. The lowest BCUT2D eigenvalue weighted by molar-refractivity contribution is 0.778. The van der Waals surface area contributed by atoms with Gasteiger partial charge in [-0.05, 0) is 17.7 Å². The van der Waals surface area contributed by atoms with Gasteiger partial charge >= 0.3 is 0 Å². The molecule has 1 aromatic carbocycles. The van der Waals surface area contributed by atoms with Gasteiger partial charge in [-0.3, -0.25) is 5.41 Å². The van der Waals surface area contributed by atoms with Crippen LogP contribution in [0.5, 0.6) is 0 Å². The van der Waals surface area contributed by atoms with Gasteiger partial charge < -0.3 is 5.73 Å². The van der Waals surface area contributed by atoms with Crippen LogP contribution in [0.3, 0.4) is 0 Å². The number of thioether (sulfide) groups is 1. The maximum Gasteiger partial charge on any atom is 0.122 e. The number of nitrogens with one attached hydrogen (secondary N) is 1. The molecule has 0 atom stereocenters. The number of hydrogen-bond donors (Lipinski definition) is 2. The Hall–Kier alpha value is -0.960. The van der Waals surface area contributed by atoms with Crippen molar-refractivity contribution in [2.45, 2.75) is 31.9 Å². The summed E-state index contributed by atoms with van der Waals surface area (Å²) in [5.74, 6) is 2.44. The molecule has 0 heterocycles. The lowest BCUT2D eigenvalue weighted by Crippen LogP contribution is -2.10. The second kappa shape index (κ2) is 7.34. The van der Waals surface area contributed by atoms with Crippen LogP contribution in [0.1, 0.15) is 37.3 Å². The normalized spacial score (nSPS) is 10.3. The summed E-state index contributed by atoms with van der Waals surface area (Å²) in [5.41, 5.74) is 7.51. The van der Waals surface area contributed by atoms with E-state index < -0.39 is 0 Å². The third-order valence-corrected chi connectivity index (χ3v) is 3.54. The van der Waals surface area contributed by atoms with Gasteiger partial charge in [-0.1, -0.05) is 44.0 Å². The average Bonchev–Trinajstić information content (AvgIpc) is 2.29. The van der Waals surface area contributed by atoms with Crippen LogP contribution >= 0.6 is 11.8 Å². The Morgan fingerprint density at radius 1 is 1.25 bits per heavy atom. The van der Waals surface area contributed by atoms with Gasteiger partial charge in [-0.15, -0.1) is 0 Å². The number of hydrogen-bond acceptors (Lipinski definition) is 2. The molecule has 1 rings (SSSR count). The standard InChI is InChI=1S/C13H20N2S/c1-2-3-4-9-16-10-11-5-7-12(8-6-11)13(14)15/h5-8H,2-4,9-10H2,1H3,(H3,14,15). The molecule has 3 N–H and O–H groups in total. The summed E-state index contributed by atoms with van der Waals surface area (Å²) in [5, 5.41) is 7.29. The van der Waals surface area contributed by atoms with Crippen molar-refractivity contribution in [1.29, 1.82) is 5.41 Å². The van der Waals surface area contributed by atoms with Gasteiger partial charge in [0.05, 0.1) is 0 Å². The average molecular weight is 236 g/mol. The number of unbranched alkanes of at least 4 members (excludes halogenated alkanes) is 2. The van der Waals surface area contributed by atoms with E-state index in [1.807, 2.05) is 23.9 Å². The summed E-state index contributed by atoms with van der Waals surface area (Å²) < 4.78 is 0. The Kier molecular flexibility index (Phi) is 6.01. The number of nitrogen functional groups attached to an aromatic ring is 1. The van der Waals surface area contributed by atoms with E-state index in [9.17, 15) is 0 Å². The van der Waals surface area contributed by atoms with Gasteiger partial charge in [-0.2, -0.15) is 11.8 Å². The van der Waals surface area contributed by atoms with E-state index in [4.69, 9.17) is 11.1 Å². The van der Waals surface area contributed by atoms with Crippen molar-refractivity contribution >= 4 is 17.6 Å². The second-order valence-electron chi connectivity index (χ2n) is 3.87. The summed E-state index contributed by atoms with van der Waals surface area (Å²) >= 11 is 1.98. The van der Waals surface area contributed by atoms with E-state index in [2.05, 4.69) is 19.1 Å². The zero-order valence-electron chi connectivity index (χ0n) is 9.83. The summed E-state index contributed by atoms with van der Waals surface area (Å²) in [4.78, 5) is 0. The van der Waals surface area contributed by atoms with E-state index in [-0.39, 0.29) is 5.84 Å². The van der Waals surface area contributed by atoms with Crippen molar-refractivity contribution in [2.75, 3.05) is 5.75 Å². The molecule has 0 fully saturated rings. The monoisotopic (exact) mass is 236 g/mol. The number of amidine groups is 1. The first kappa shape index (κ1) is 13.1. The van der Waals surface area contributed by atoms with E-state index in [1.54, 1.807) is 0 Å². The van der Waals surface area contributed by atoms with E-state index in [0.717, 1.165) is 11.3 Å². The molecule has 0 aliphatic heterocycles. The predicted molar refractivity (Wildman–Crippen MR) is 73.1 cm³/mol. The highest BCUT2D eigenvalue weighted by atomic mass is 32.2. The first-order valence-corrected chi connectivity index (χ1v) is 6.90. The molecule has 0 amide bonds. The van der Waals surface area contributed by atoms with E-state index in [1.165, 1.54) is 30.6 Å². The van der Waals surface area contributed by atoms with Crippen molar-refractivity contribution in [1.82, 2.24) is 0 Å². The van der Waals surface area contributed by atoms with Crippen LogP contribution in [0.15, 0.2) is 24.3 Å². The fourth-order valence-electron chi connectivity index (χ4n) is 1.42. The molecule has 0 aliphatic rings. The first-order chi connectivity index (χ1) is 7.74. The molecule has 2 nitrogen and oxygen atoms in total. The fraction of sp³-hybridized carbons (Fsp3) is 0.462. The minimum Gasteiger partial charge on any atom is -0.384 e. The third kappa shape index (κ3) is 4.71. The van der Waals surface area contributed by atoms with Crippen LogP contribution < -0.4 is 5.73 Å². The Balaban J connectivity index is 2.29. The van der Waals surface area contributed by atoms with Crippen LogP contribution in [0.2, 0.25) is 0 Å². The SMILES string of the molecule is CCCCCSCc1ccc(C(=N)N)cc1. The largest absolute Gasteiger partial charge is 0.384 e. The van der Waals surface area contributed by atoms with Gasteiger partial charge in [0.2, 0.25) is 0 Å². The topological polar surface area (TPSA) is 49.9 Å². The van der Waals surface area contributed by atoms with Crippen molar-refractivity contribution in [3.63, 3.8) is 0 Å². The number of benzene rings is 1. The van der Waals surface area contributed by atoms with Gasteiger partial charge in [-0.25, -0.2) is 0 Å². The molecule has 0 aromatic heterocycles. The Morgan fingerprint density at radius 3 is 2.50 bits per heavy atom. The van der Waals surface area contributed by atoms with E-state index >= 15 is 0 Å². The second-order valence-corrected chi connectivity index (χ2v) is 4.98. The molecule has 0 radical (unpaired) electrons. The molecule has 0 unspecified atom stereocenters. The Labute approximate surface area is 102 Å². The molecule has 3 heteroatoms. The lowest BCUT2D eigenvalue weighted by atomic mass is 10.1. The van der Waals surface area contributed by atoms with E-state index in [0.29, 0.717) is 0 Å². The van der Waals surface area contributed by atoms with Crippen LogP contribution in [0.25, 0.3) is 0 Å². The summed E-state index contributed by atoms with van der Waals surface area (Å²) in [6, 6.07) is 7.96. The molecular formula is C13H20N2S. The van der Waals surface area contributed by atoms with Crippen LogP contribution in [0, 0.1) is 5.41 Å². The van der Waals surface area contributed by atoms with Gasteiger partial charge in [0.25, 0.3) is 0 Å². The molecule has 16 heavy (non-hydrogen) atoms. The highest BCUT2D eigenvalue weighted by molar-refractivity contribution is 7.98. The highest BCUT2D eigenvalue weighted by Gasteiger charge is 1.97. The van der Waals surface area contributed by atoms with Crippen LogP contribution in [-0.2, 0) is 5.75 Å². The maximum absolute atomic E-state index is 7.29. The van der Waals surface area contributed by atoms with Crippen molar-refractivity contribution < 1.29 is 0 Å². The molecule has 0 aliphatic carbocycles. The quantitative estimate of drug-likeness (QED) is 0.433. The van der Waals surface area contributed by atoms with Crippen molar-refractivity contribution in [3.8, 4) is 0 Å². The Bertz CT molecular complexity index is 319. The molecule has 1 aromatic rings. The minimum absolute atomic E-state index is 0.141. The number of rotatable bonds is 7. The van der Waals surface area contributed by atoms with Crippen molar-refractivity contribution in [3.05, 3.63) is 35.4 Å². The van der Waals surface area contributed by atoms with Gasteiger partial charge in [0.1, 0.15) is 5.84 Å².